The summed E-state index contributed by atoms with van der Waals surface area (Å²) in [6.45, 7) is 33.8. The number of anilines is 5. The van der Waals surface area contributed by atoms with Crippen molar-refractivity contribution in [2.24, 2.45) is 0 Å². The molecule has 3 aromatic carbocycles. The molecule has 0 unspecified atom stereocenters. The van der Waals surface area contributed by atoms with E-state index in [-0.39, 0.29) is 5.69 Å². The monoisotopic (exact) mass is 956 g/mol. The Morgan fingerprint density at radius 2 is 0.971 bits per heavy atom. The Morgan fingerprint density at radius 3 is 1.35 bits per heavy atom. The lowest BCUT2D eigenvalue weighted by Gasteiger charge is -2.24. The number of unbranched alkanes of at least 4 members (excludes halogenated alkanes) is 3. The fraction of sp³-hybridized carbons (Fsp3) is 0.569. The van der Waals surface area contributed by atoms with Gasteiger partial charge in [-0.25, -0.2) is 0 Å². The highest BCUT2D eigenvalue weighted by molar-refractivity contribution is 5.93. The number of carbonyl (C=O) groups is 1. The van der Waals surface area contributed by atoms with Gasteiger partial charge >= 0.3 is 0 Å². The number of carbonyl (C=O) groups excluding carboxylic acids is 1. The summed E-state index contributed by atoms with van der Waals surface area (Å²) in [5, 5.41) is 45.9. The molecular weight excluding hydrogens is 871 g/mol. The molecule has 3 heterocycles. The highest BCUT2D eigenvalue weighted by Crippen LogP contribution is 2.27. The van der Waals surface area contributed by atoms with Gasteiger partial charge in [0.05, 0.1) is 21.5 Å². The number of H-pyrrole nitrogens is 3. The van der Waals surface area contributed by atoms with E-state index in [0.717, 1.165) is 149 Å². The maximum atomic E-state index is 10.7. The van der Waals surface area contributed by atoms with Crippen molar-refractivity contribution in [3.05, 3.63) is 64.7 Å². The number of nitrogens with zero attached hydrogens (tertiary/aromatic N) is 8. The van der Waals surface area contributed by atoms with Crippen LogP contribution >= 0.6 is 0 Å². The number of aromatic amines is 3. The molecule has 0 spiro atoms. The van der Waals surface area contributed by atoms with Crippen molar-refractivity contribution in [3.63, 3.8) is 0 Å². The minimum Gasteiger partial charge on any atom is -0.399 e. The number of benzene rings is 3. The van der Waals surface area contributed by atoms with Gasteiger partial charge in [-0.15, -0.1) is 0 Å². The second-order valence-corrected chi connectivity index (χ2v) is 16.7. The average Bonchev–Trinajstić information content (AvgIpc) is 4.10. The van der Waals surface area contributed by atoms with Gasteiger partial charge in [0.25, 0.3) is 5.69 Å². The first-order valence-electron chi connectivity index (χ1n) is 25.5. The van der Waals surface area contributed by atoms with Crippen LogP contribution in [0.15, 0.2) is 54.6 Å². The Morgan fingerprint density at radius 1 is 0.565 bits per heavy atom. The lowest BCUT2D eigenvalue weighted by atomic mass is 10.2. The number of nitro groups is 1. The van der Waals surface area contributed by atoms with E-state index >= 15 is 0 Å². The summed E-state index contributed by atoms with van der Waals surface area (Å²) in [6, 6.07) is 17.2. The summed E-state index contributed by atoms with van der Waals surface area (Å²) in [4.78, 5) is 29.3. The van der Waals surface area contributed by atoms with Gasteiger partial charge in [0.2, 0.25) is 0 Å². The summed E-state index contributed by atoms with van der Waals surface area (Å²) in [5.74, 6) is 2.60. The smallest absolute Gasteiger partial charge is 0.271 e. The molecule has 18 nitrogen and oxygen atoms in total. The standard InChI is InChI=1S/C21H37N5.C13H19N5O2.C13H21N5.C4H8O/c1-5-9-14-26(15-10-6-2)18-11-12-19-20(17-18)23-24-21(19)22-13-16-25(7-3)8-4;1-3-17(4-2)8-7-14-13-11-6-5-10(18(19)20)9-12(11)15-16-13;1-3-18(4-2)8-7-15-13-11-6-5-10(14)9-12(11)16-17-13;1-2-3-4-5/h11-12,17H,5-10,13-16H2,1-4H3,(H2,22,23,24);5-6,9H,3-4,7-8H2,1-2H3,(H2,14,15,16);5-6,9H,3-4,7-8,14H2,1-2H3,(H2,15,16,17);4H,2-3H2,1H3. The third-order valence-corrected chi connectivity index (χ3v) is 12.1. The molecule has 0 amide bonds. The molecule has 382 valence electrons. The Balaban J connectivity index is 0.000000265. The predicted octanol–water partition coefficient (Wildman–Crippen LogP) is 9.83. The third kappa shape index (κ3) is 19.1. The fourth-order valence-corrected chi connectivity index (χ4v) is 7.57. The molecule has 0 radical (unpaired) electrons. The van der Waals surface area contributed by atoms with Gasteiger partial charge in [0, 0.05) is 98.4 Å². The van der Waals surface area contributed by atoms with Crippen molar-refractivity contribution >= 4 is 73.5 Å². The van der Waals surface area contributed by atoms with Crippen LogP contribution in [0.3, 0.4) is 0 Å². The highest BCUT2D eigenvalue weighted by atomic mass is 16.6. The number of likely N-dealkylation sites (N-methyl/N-ethyl adjacent to an activating group) is 3. The molecule has 18 heteroatoms. The van der Waals surface area contributed by atoms with E-state index in [1.807, 2.05) is 25.1 Å². The number of nitrogens with one attached hydrogen (secondary N) is 6. The Hall–Kier alpha value is -5.98. The maximum Gasteiger partial charge on any atom is 0.271 e. The molecule has 8 N–H and O–H groups in total. The zero-order valence-corrected chi connectivity index (χ0v) is 43.3. The first kappa shape index (κ1) is 57.3. The van der Waals surface area contributed by atoms with Gasteiger partial charge in [-0.05, 0) is 101 Å². The molecule has 0 aliphatic heterocycles. The molecule has 6 aromatic rings. The summed E-state index contributed by atoms with van der Waals surface area (Å²) in [7, 11) is 0. The van der Waals surface area contributed by atoms with E-state index < -0.39 is 4.92 Å². The zero-order valence-electron chi connectivity index (χ0n) is 43.3. The molecule has 69 heavy (non-hydrogen) atoms. The van der Waals surface area contributed by atoms with E-state index in [2.05, 4.69) is 140 Å². The fourth-order valence-electron chi connectivity index (χ4n) is 7.57. The van der Waals surface area contributed by atoms with Gasteiger partial charge in [-0.2, -0.15) is 15.3 Å². The normalized spacial score (nSPS) is 11.0. The van der Waals surface area contributed by atoms with Crippen molar-refractivity contribution in [1.82, 2.24) is 45.3 Å². The quantitative estimate of drug-likeness (QED) is 0.0105. The van der Waals surface area contributed by atoms with E-state index in [4.69, 9.17) is 5.73 Å². The van der Waals surface area contributed by atoms with E-state index in [9.17, 15) is 14.9 Å². The molecule has 0 aliphatic carbocycles. The topological polar surface area (TPSA) is 221 Å². The van der Waals surface area contributed by atoms with Gasteiger partial charge < -0.3 is 46.1 Å². The van der Waals surface area contributed by atoms with Gasteiger partial charge in [0.1, 0.15) is 6.29 Å². The molecule has 3 aromatic heterocycles. The number of rotatable bonds is 28. The first-order chi connectivity index (χ1) is 33.5. The first-order valence-corrected chi connectivity index (χ1v) is 25.5. The SMILES string of the molecule is CCCC=O.CCCCN(CCCC)c1ccc2c(NCCN(CC)CC)n[nH]c2c1.CCN(CC)CCNc1n[nH]c2cc(N)ccc12.CCN(CC)CCNc1n[nH]c2cc([N+](=O)[O-])ccc12. The lowest BCUT2D eigenvalue weighted by Crippen LogP contribution is -2.28. The van der Waals surface area contributed by atoms with Crippen LogP contribution in [-0.4, -0.2) is 148 Å². The van der Waals surface area contributed by atoms with Crippen molar-refractivity contribution in [2.75, 3.05) is 118 Å². The second kappa shape index (κ2) is 32.7. The highest BCUT2D eigenvalue weighted by Gasteiger charge is 2.13. The molecule has 6 rings (SSSR count). The lowest BCUT2D eigenvalue weighted by molar-refractivity contribution is -0.384. The number of hydrogen-bond acceptors (Lipinski definition) is 14. The number of nitro benzene ring substituents is 1. The number of aromatic nitrogens is 6. The molecule has 0 saturated carbocycles. The predicted molar refractivity (Wildman–Crippen MR) is 291 cm³/mol. The van der Waals surface area contributed by atoms with E-state index in [1.54, 1.807) is 6.07 Å². The van der Waals surface area contributed by atoms with Crippen molar-refractivity contribution in [3.8, 4) is 0 Å². The Bertz CT molecular complexity index is 2310. The number of fused-ring (bicyclic) bond motifs is 3. The third-order valence-electron chi connectivity index (χ3n) is 12.1. The summed E-state index contributed by atoms with van der Waals surface area (Å²) < 4.78 is 0. The minimum atomic E-state index is -0.409. The Labute approximate surface area is 411 Å². The van der Waals surface area contributed by atoms with Crippen LogP contribution in [0.2, 0.25) is 0 Å². The molecule has 0 fully saturated rings. The molecular formula is C51H85N15O3. The average molecular weight is 956 g/mol. The van der Waals surface area contributed by atoms with Gasteiger partial charge in [-0.1, -0.05) is 75.2 Å². The molecule has 0 atom stereocenters. The van der Waals surface area contributed by atoms with Crippen LogP contribution in [0.4, 0.5) is 34.5 Å². The summed E-state index contributed by atoms with van der Waals surface area (Å²) >= 11 is 0. The van der Waals surface area contributed by atoms with Crippen molar-refractivity contribution in [2.45, 2.75) is 101 Å². The van der Waals surface area contributed by atoms with Crippen molar-refractivity contribution < 1.29 is 9.72 Å². The number of nitrogens with two attached hydrogens (primary N) is 1. The van der Waals surface area contributed by atoms with Gasteiger partial charge in [0.15, 0.2) is 17.5 Å². The van der Waals surface area contributed by atoms with Crippen molar-refractivity contribution in [1.29, 1.82) is 0 Å². The second-order valence-electron chi connectivity index (χ2n) is 16.7. The largest absolute Gasteiger partial charge is 0.399 e. The van der Waals surface area contributed by atoms with Crippen LogP contribution in [-0.2, 0) is 4.79 Å². The van der Waals surface area contributed by atoms with Crippen LogP contribution in [0.1, 0.15) is 101 Å². The molecule has 0 bridgehead atoms. The number of non-ortho nitro benzene ring substituents is 1. The Kier molecular flexibility index (Phi) is 27.2. The van der Waals surface area contributed by atoms with Gasteiger partial charge in [-0.3, -0.25) is 25.4 Å². The molecule has 0 aliphatic rings. The molecule has 0 saturated heterocycles. The summed E-state index contributed by atoms with van der Waals surface area (Å²) in [6.07, 6.45) is 7.56. The van der Waals surface area contributed by atoms with E-state index in [1.165, 1.54) is 48.9 Å². The van der Waals surface area contributed by atoms with Crippen LogP contribution in [0.25, 0.3) is 32.7 Å². The van der Waals surface area contributed by atoms with E-state index in [0.29, 0.717) is 11.9 Å². The van der Waals surface area contributed by atoms with Crippen LogP contribution in [0, 0.1) is 10.1 Å². The minimum absolute atomic E-state index is 0.0656. The van der Waals surface area contributed by atoms with Crippen LogP contribution < -0.4 is 26.6 Å². The number of hydrogen-bond donors (Lipinski definition) is 7. The number of aldehydes is 1. The van der Waals surface area contributed by atoms with Crippen LogP contribution in [0.5, 0.6) is 0 Å². The summed E-state index contributed by atoms with van der Waals surface area (Å²) in [5.41, 5.74) is 10.6. The zero-order chi connectivity index (χ0) is 50.4. The number of nitrogen functional groups attached to an aromatic ring is 1. The maximum absolute atomic E-state index is 10.7.